The number of nitrogens with zero attached hydrogens (tertiary/aromatic N) is 4. The lowest BCUT2D eigenvalue weighted by molar-refractivity contribution is 0.0789. The third-order valence-corrected chi connectivity index (χ3v) is 4.80. The summed E-state index contributed by atoms with van der Waals surface area (Å²) < 4.78 is 1.92. The van der Waals surface area contributed by atoms with Crippen molar-refractivity contribution in [2.45, 2.75) is 25.3 Å². The summed E-state index contributed by atoms with van der Waals surface area (Å²) in [6.07, 6.45) is 6.76. The van der Waals surface area contributed by atoms with Crippen LogP contribution in [0.3, 0.4) is 0 Å². The van der Waals surface area contributed by atoms with Crippen LogP contribution in [-0.4, -0.2) is 52.3 Å². The van der Waals surface area contributed by atoms with Gasteiger partial charge >= 0.3 is 0 Å². The summed E-state index contributed by atoms with van der Waals surface area (Å²) in [5.74, 6) is -0.0286. The normalized spacial score (nSPS) is 17.5. The minimum absolute atomic E-state index is 0. The molecule has 0 aliphatic carbocycles. The SMILES string of the molecule is CN(CCc1nccs1)C(=O)c1ccn(C2CCCNC2)n1.Cl. The molecule has 1 fully saturated rings. The number of nitrogens with one attached hydrogen (secondary N) is 1. The fourth-order valence-electron chi connectivity index (χ4n) is 2.65. The van der Waals surface area contributed by atoms with Crippen molar-refractivity contribution in [2.24, 2.45) is 0 Å². The fourth-order valence-corrected chi connectivity index (χ4v) is 3.26. The predicted octanol–water partition coefficient (Wildman–Crippen LogP) is 2.00. The molecule has 8 heteroatoms. The molecule has 3 rings (SSSR count). The van der Waals surface area contributed by atoms with E-state index in [1.807, 2.05) is 29.4 Å². The minimum Gasteiger partial charge on any atom is -0.340 e. The van der Waals surface area contributed by atoms with Crippen molar-refractivity contribution in [3.63, 3.8) is 0 Å². The number of thiazole rings is 1. The molecule has 23 heavy (non-hydrogen) atoms. The van der Waals surface area contributed by atoms with Crippen LogP contribution in [0.4, 0.5) is 0 Å². The van der Waals surface area contributed by atoms with Crippen molar-refractivity contribution in [2.75, 3.05) is 26.7 Å². The molecule has 1 unspecified atom stereocenters. The van der Waals surface area contributed by atoms with Crippen LogP contribution in [-0.2, 0) is 6.42 Å². The zero-order valence-corrected chi connectivity index (χ0v) is 14.8. The van der Waals surface area contributed by atoms with Crippen molar-refractivity contribution < 1.29 is 4.79 Å². The van der Waals surface area contributed by atoms with E-state index in [9.17, 15) is 4.79 Å². The van der Waals surface area contributed by atoms with Crippen LogP contribution in [0.2, 0.25) is 0 Å². The van der Waals surface area contributed by atoms with E-state index in [1.165, 1.54) is 0 Å². The van der Waals surface area contributed by atoms with Crippen LogP contribution in [0.25, 0.3) is 0 Å². The number of hydrogen-bond acceptors (Lipinski definition) is 5. The molecule has 0 spiro atoms. The Bertz CT molecular complexity index is 609. The lowest BCUT2D eigenvalue weighted by Crippen LogP contribution is -2.32. The highest BCUT2D eigenvalue weighted by Gasteiger charge is 2.19. The Morgan fingerprint density at radius 3 is 3.13 bits per heavy atom. The van der Waals surface area contributed by atoms with Gasteiger partial charge < -0.3 is 10.2 Å². The quantitative estimate of drug-likeness (QED) is 0.891. The number of rotatable bonds is 5. The molecular weight excluding hydrogens is 334 g/mol. The maximum absolute atomic E-state index is 12.4. The number of aromatic nitrogens is 3. The Hall–Kier alpha value is -1.44. The second-order valence-electron chi connectivity index (χ2n) is 5.58. The van der Waals surface area contributed by atoms with Gasteiger partial charge in [-0.25, -0.2) is 4.98 Å². The molecule has 6 nitrogen and oxygen atoms in total. The molecule has 1 saturated heterocycles. The Kier molecular flexibility index (Phi) is 6.56. The zero-order valence-electron chi connectivity index (χ0n) is 13.1. The first-order valence-electron chi connectivity index (χ1n) is 7.64. The summed E-state index contributed by atoms with van der Waals surface area (Å²) in [6.45, 7) is 2.66. The van der Waals surface area contributed by atoms with Crippen LogP contribution in [0, 0.1) is 0 Å². The van der Waals surface area contributed by atoms with Crippen molar-refractivity contribution in [3.8, 4) is 0 Å². The van der Waals surface area contributed by atoms with Crippen molar-refractivity contribution in [1.29, 1.82) is 0 Å². The molecule has 0 radical (unpaired) electrons. The molecule has 1 aliphatic heterocycles. The molecule has 1 aliphatic rings. The first kappa shape index (κ1) is 17.9. The summed E-state index contributed by atoms with van der Waals surface area (Å²) in [5, 5.41) is 10.9. The zero-order chi connectivity index (χ0) is 15.4. The van der Waals surface area contributed by atoms with Gasteiger partial charge in [0.2, 0.25) is 0 Å². The largest absolute Gasteiger partial charge is 0.340 e. The van der Waals surface area contributed by atoms with Gasteiger partial charge in [0.05, 0.1) is 11.0 Å². The Labute approximate surface area is 146 Å². The standard InChI is InChI=1S/C15H21N5OS.ClH/c1-19(8-5-14-17-7-10-22-14)15(21)13-4-9-20(18-13)12-3-2-6-16-11-12;/h4,7,9-10,12,16H,2-3,5-6,8,11H2,1H3;1H. The van der Waals surface area contributed by atoms with Crippen molar-refractivity contribution >= 4 is 29.7 Å². The van der Waals surface area contributed by atoms with Gasteiger partial charge in [0.1, 0.15) is 5.69 Å². The maximum atomic E-state index is 12.4. The number of amides is 1. The lowest BCUT2D eigenvalue weighted by Gasteiger charge is -2.23. The van der Waals surface area contributed by atoms with Crippen LogP contribution in [0.15, 0.2) is 23.8 Å². The second-order valence-corrected chi connectivity index (χ2v) is 6.56. The molecule has 3 heterocycles. The number of likely N-dealkylation sites (N-methyl/N-ethyl adjacent to an activating group) is 1. The summed E-state index contributed by atoms with van der Waals surface area (Å²) in [4.78, 5) is 18.4. The Balaban J connectivity index is 0.00000192. The van der Waals surface area contributed by atoms with Crippen molar-refractivity contribution in [3.05, 3.63) is 34.5 Å². The summed E-state index contributed by atoms with van der Waals surface area (Å²) in [5.41, 5.74) is 0.521. The Morgan fingerprint density at radius 1 is 1.57 bits per heavy atom. The topological polar surface area (TPSA) is 63.1 Å². The molecule has 2 aromatic heterocycles. The molecule has 1 N–H and O–H groups in total. The number of piperidine rings is 1. The highest BCUT2D eigenvalue weighted by molar-refractivity contribution is 7.09. The van der Waals surface area contributed by atoms with E-state index in [4.69, 9.17) is 0 Å². The monoisotopic (exact) mass is 355 g/mol. The van der Waals surface area contributed by atoms with E-state index >= 15 is 0 Å². The van der Waals surface area contributed by atoms with Gasteiger partial charge in [-0.05, 0) is 25.5 Å². The van der Waals surface area contributed by atoms with Crippen LogP contribution in [0.5, 0.6) is 0 Å². The van der Waals surface area contributed by atoms with E-state index in [-0.39, 0.29) is 18.3 Å². The molecule has 126 valence electrons. The van der Waals surface area contributed by atoms with Gasteiger partial charge in [-0.1, -0.05) is 0 Å². The molecule has 1 amide bonds. The van der Waals surface area contributed by atoms with Gasteiger partial charge in [-0.3, -0.25) is 9.48 Å². The number of halogens is 1. The van der Waals surface area contributed by atoms with Gasteiger partial charge in [-0.2, -0.15) is 5.10 Å². The molecule has 0 aromatic carbocycles. The van der Waals surface area contributed by atoms with Gasteiger partial charge in [0.25, 0.3) is 5.91 Å². The van der Waals surface area contributed by atoms with Crippen molar-refractivity contribution in [1.82, 2.24) is 25.0 Å². The molecule has 0 bridgehead atoms. The smallest absolute Gasteiger partial charge is 0.274 e. The first-order valence-corrected chi connectivity index (χ1v) is 8.51. The van der Waals surface area contributed by atoms with Crippen LogP contribution >= 0.6 is 23.7 Å². The molecule has 2 aromatic rings. The second kappa shape index (κ2) is 8.42. The average molecular weight is 356 g/mol. The molecule has 1 atom stereocenters. The van der Waals surface area contributed by atoms with Crippen LogP contribution < -0.4 is 5.32 Å². The van der Waals surface area contributed by atoms with Gasteiger partial charge in [0.15, 0.2) is 0 Å². The fraction of sp³-hybridized carbons (Fsp3) is 0.533. The van der Waals surface area contributed by atoms with E-state index in [0.717, 1.165) is 37.4 Å². The number of hydrogen-bond donors (Lipinski definition) is 1. The maximum Gasteiger partial charge on any atom is 0.274 e. The Morgan fingerprint density at radius 2 is 2.43 bits per heavy atom. The lowest BCUT2D eigenvalue weighted by atomic mass is 10.1. The summed E-state index contributed by atoms with van der Waals surface area (Å²) in [6, 6.07) is 2.17. The average Bonchev–Trinajstić information content (AvgIpc) is 3.24. The molecular formula is C15H22ClN5OS. The van der Waals surface area contributed by atoms with Gasteiger partial charge in [0, 0.05) is 44.3 Å². The van der Waals surface area contributed by atoms with E-state index in [2.05, 4.69) is 15.4 Å². The highest BCUT2D eigenvalue weighted by Crippen LogP contribution is 2.16. The summed E-state index contributed by atoms with van der Waals surface area (Å²) in [7, 11) is 1.82. The van der Waals surface area contributed by atoms with E-state index in [1.54, 1.807) is 22.4 Å². The predicted molar refractivity (Wildman–Crippen MR) is 93.4 cm³/mol. The molecule has 0 saturated carbocycles. The minimum atomic E-state index is -0.0286. The van der Waals surface area contributed by atoms with Crippen LogP contribution in [0.1, 0.15) is 34.4 Å². The number of carbonyl (C=O) groups excluding carboxylic acids is 1. The van der Waals surface area contributed by atoms with E-state index < -0.39 is 0 Å². The third-order valence-electron chi connectivity index (χ3n) is 3.96. The third kappa shape index (κ3) is 4.53. The number of carbonyl (C=O) groups is 1. The first-order chi connectivity index (χ1) is 10.7. The summed E-state index contributed by atoms with van der Waals surface area (Å²) >= 11 is 1.62. The van der Waals surface area contributed by atoms with Gasteiger partial charge in [-0.15, -0.1) is 23.7 Å². The highest BCUT2D eigenvalue weighted by atomic mass is 35.5. The van der Waals surface area contributed by atoms with E-state index in [0.29, 0.717) is 18.3 Å².